The highest BCUT2D eigenvalue weighted by Gasteiger charge is 2.65. The van der Waals surface area contributed by atoms with Gasteiger partial charge in [0.25, 0.3) is 0 Å². The summed E-state index contributed by atoms with van der Waals surface area (Å²) in [5.74, 6) is 1.00. The van der Waals surface area contributed by atoms with Gasteiger partial charge < -0.3 is 9.47 Å². The highest BCUT2D eigenvalue weighted by Crippen LogP contribution is 2.62. The maximum Gasteiger partial charge on any atom is 0.310 e. The van der Waals surface area contributed by atoms with Crippen molar-refractivity contribution >= 4 is 5.97 Å². The Morgan fingerprint density at radius 2 is 1.59 bits per heavy atom. The van der Waals surface area contributed by atoms with E-state index in [1.54, 1.807) is 0 Å². The average molecular weight is 501 g/mol. The molecule has 6 atom stereocenters. The van der Waals surface area contributed by atoms with Gasteiger partial charge in [-0.3, -0.25) is 14.6 Å². The van der Waals surface area contributed by atoms with E-state index in [0.29, 0.717) is 11.8 Å². The van der Waals surface area contributed by atoms with Gasteiger partial charge in [0.05, 0.1) is 24.2 Å². The lowest BCUT2D eigenvalue weighted by atomic mass is 9.53. The Morgan fingerprint density at radius 1 is 0.946 bits per heavy atom. The van der Waals surface area contributed by atoms with Gasteiger partial charge in [0.2, 0.25) is 0 Å². The largest absolute Gasteiger partial charge is 0.462 e. The van der Waals surface area contributed by atoms with E-state index in [1.807, 2.05) is 0 Å². The fourth-order valence-electron chi connectivity index (χ4n) is 8.53. The van der Waals surface area contributed by atoms with Gasteiger partial charge in [-0.15, -0.1) is 0 Å². The lowest BCUT2D eigenvalue weighted by Gasteiger charge is -2.51. The Kier molecular flexibility index (Phi) is 5.95. The summed E-state index contributed by atoms with van der Waals surface area (Å²) in [6, 6.07) is 22.0. The summed E-state index contributed by atoms with van der Waals surface area (Å²) in [5.41, 5.74) is 3.07. The van der Waals surface area contributed by atoms with Crippen LogP contribution in [0.3, 0.4) is 0 Å². The van der Waals surface area contributed by atoms with Crippen LogP contribution >= 0.6 is 0 Å². The molecule has 0 amide bonds. The first-order valence-electron chi connectivity index (χ1n) is 14.5. The van der Waals surface area contributed by atoms with Gasteiger partial charge in [0.15, 0.2) is 0 Å². The summed E-state index contributed by atoms with van der Waals surface area (Å²) in [7, 11) is 0. The topological polar surface area (TPSA) is 45.3 Å². The number of fused-ring (bicyclic) bond motifs is 3. The Hall–Kier alpha value is -2.21. The van der Waals surface area contributed by atoms with Crippen LogP contribution < -0.4 is 0 Å². The van der Waals surface area contributed by atoms with Gasteiger partial charge >= 0.3 is 5.97 Å². The van der Waals surface area contributed by atoms with Crippen LogP contribution in [0.25, 0.3) is 0 Å². The van der Waals surface area contributed by atoms with Gasteiger partial charge in [-0.2, -0.15) is 0 Å². The summed E-state index contributed by atoms with van der Waals surface area (Å²) in [6.45, 7) is 8.19. The van der Waals surface area contributed by atoms with Crippen molar-refractivity contribution in [2.45, 2.75) is 56.8 Å². The van der Waals surface area contributed by atoms with Crippen molar-refractivity contribution in [3.63, 3.8) is 0 Å². The zero-order valence-corrected chi connectivity index (χ0v) is 22.1. The number of ether oxygens (including phenoxy) is 2. The molecule has 0 unspecified atom stereocenters. The molecule has 2 aromatic rings. The maximum absolute atomic E-state index is 13.2. The van der Waals surface area contributed by atoms with Gasteiger partial charge in [0.1, 0.15) is 6.10 Å². The summed E-state index contributed by atoms with van der Waals surface area (Å²) in [6.07, 6.45) is 5.94. The molecular formula is C32H40N2O3. The van der Waals surface area contributed by atoms with E-state index in [2.05, 4.69) is 77.4 Å². The quantitative estimate of drug-likeness (QED) is 0.431. The molecule has 5 fully saturated rings. The molecule has 1 spiro atoms. The first-order valence-corrected chi connectivity index (χ1v) is 14.5. The zero-order chi connectivity index (χ0) is 25.0. The number of carbonyl (C=O) groups excluding carboxylic acids is 1. The predicted octanol–water partition coefficient (Wildman–Crippen LogP) is 4.92. The van der Waals surface area contributed by atoms with Crippen molar-refractivity contribution in [3.05, 3.63) is 71.8 Å². The van der Waals surface area contributed by atoms with E-state index in [-0.39, 0.29) is 35.0 Å². The van der Waals surface area contributed by atoms with Crippen LogP contribution in [0.5, 0.6) is 0 Å². The number of epoxide rings is 1. The Bertz CT molecular complexity index is 1070. The van der Waals surface area contributed by atoms with Crippen molar-refractivity contribution in [1.82, 2.24) is 9.80 Å². The number of hydrogen-bond donors (Lipinski definition) is 0. The normalized spacial score (nSPS) is 37.8. The molecule has 2 saturated carbocycles. The van der Waals surface area contributed by atoms with E-state index in [4.69, 9.17) is 9.47 Å². The number of esters is 1. The van der Waals surface area contributed by atoms with Crippen molar-refractivity contribution < 1.29 is 14.3 Å². The molecular weight excluding hydrogens is 460 g/mol. The van der Waals surface area contributed by atoms with Gasteiger partial charge in [-0.25, -0.2) is 0 Å². The second kappa shape index (κ2) is 9.21. The number of piperazine rings is 1. The fourth-order valence-corrected chi connectivity index (χ4v) is 8.53. The van der Waals surface area contributed by atoms with E-state index in [1.165, 1.54) is 30.4 Å². The molecule has 0 radical (unpaired) electrons. The fraction of sp³-hybridized carbons (Fsp3) is 0.594. The molecule has 7 rings (SSSR count). The second-order valence-electron chi connectivity index (χ2n) is 12.7. The number of benzene rings is 2. The highest BCUT2D eigenvalue weighted by atomic mass is 16.6. The minimum absolute atomic E-state index is 0.0119. The maximum atomic E-state index is 13.2. The summed E-state index contributed by atoms with van der Waals surface area (Å²) in [5, 5.41) is 0. The summed E-state index contributed by atoms with van der Waals surface area (Å²) >= 11 is 0. The van der Waals surface area contributed by atoms with Gasteiger partial charge in [0, 0.05) is 38.6 Å². The lowest BCUT2D eigenvalue weighted by Crippen LogP contribution is -2.52. The van der Waals surface area contributed by atoms with Gasteiger partial charge in [-0.05, 0) is 54.6 Å². The molecule has 3 heterocycles. The minimum atomic E-state index is 0.0119. The third-order valence-electron chi connectivity index (χ3n) is 10.5. The van der Waals surface area contributed by atoms with Crippen LogP contribution in [-0.4, -0.2) is 66.8 Å². The molecule has 5 aliphatic rings. The predicted molar refractivity (Wildman–Crippen MR) is 143 cm³/mol. The van der Waals surface area contributed by atoms with Crippen LogP contribution in [0.15, 0.2) is 60.7 Å². The minimum Gasteiger partial charge on any atom is -0.462 e. The first-order chi connectivity index (χ1) is 18.0. The monoisotopic (exact) mass is 500 g/mol. The Labute approximate surface area is 221 Å². The Morgan fingerprint density at radius 3 is 2.22 bits per heavy atom. The molecule has 0 bridgehead atoms. The van der Waals surface area contributed by atoms with E-state index >= 15 is 0 Å². The number of carbonyl (C=O) groups is 1. The molecule has 2 aliphatic carbocycles. The molecule has 3 saturated heterocycles. The standard InChI is InChI=1S/C32H40N2O3/c1-31-13-8-14-32(22-36-32)28(31)19-25-26(30(35)37-27(25)20-31)21-33-15-17-34(18-16-33)29(23-9-4-2-5-10-23)24-11-6-3-7-12-24/h2-7,9-12,25-29H,8,13-22H2,1H3/t25-,26-,27+,28+,31+,32-/m0/s1. The highest BCUT2D eigenvalue weighted by molar-refractivity contribution is 5.75. The van der Waals surface area contributed by atoms with Gasteiger partial charge in [-0.1, -0.05) is 67.6 Å². The number of hydrogen-bond acceptors (Lipinski definition) is 5. The molecule has 5 heteroatoms. The van der Waals surface area contributed by atoms with Crippen LogP contribution in [0, 0.1) is 23.2 Å². The molecule has 196 valence electrons. The molecule has 37 heavy (non-hydrogen) atoms. The molecule has 3 aliphatic heterocycles. The second-order valence-corrected chi connectivity index (χ2v) is 12.7. The van der Waals surface area contributed by atoms with Crippen LogP contribution in [-0.2, 0) is 14.3 Å². The zero-order valence-electron chi connectivity index (χ0n) is 22.1. The lowest BCUT2D eigenvalue weighted by molar-refractivity contribution is -0.147. The molecule has 5 nitrogen and oxygen atoms in total. The third-order valence-corrected chi connectivity index (χ3v) is 10.5. The summed E-state index contributed by atoms with van der Waals surface area (Å²) < 4.78 is 12.2. The Balaban J connectivity index is 1.03. The van der Waals surface area contributed by atoms with Crippen LogP contribution in [0.2, 0.25) is 0 Å². The SMILES string of the molecule is C[C@]12CCC[C@]3(CO3)[C@@H]1C[C@H]1[C@H](CN3CCN(C(c4ccccc4)c4ccccc4)CC3)C(=O)O[C@@H]1C2. The smallest absolute Gasteiger partial charge is 0.310 e. The first kappa shape index (κ1) is 23.9. The third kappa shape index (κ3) is 4.24. The number of rotatable bonds is 5. The molecule has 2 aromatic carbocycles. The van der Waals surface area contributed by atoms with Crippen molar-refractivity contribution in [1.29, 1.82) is 0 Å². The van der Waals surface area contributed by atoms with Crippen molar-refractivity contribution in [2.24, 2.45) is 23.2 Å². The van der Waals surface area contributed by atoms with E-state index in [9.17, 15) is 4.79 Å². The molecule has 0 aromatic heterocycles. The summed E-state index contributed by atoms with van der Waals surface area (Å²) in [4.78, 5) is 18.3. The number of nitrogens with zero attached hydrogens (tertiary/aromatic N) is 2. The van der Waals surface area contributed by atoms with Crippen LogP contribution in [0.4, 0.5) is 0 Å². The van der Waals surface area contributed by atoms with Crippen LogP contribution in [0.1, 0.15) is 56.2 Å². The van der Waals surface area contributed by atoms with E-state index < -0.39 is 0 Å². The molecule has 0 N–H and O–H groups in total. The van der Waals surface area contributed by atoms with Crippen molar-refractivity contribution in [3.8, 4) is 0 Å². The van der Waals surface area contributed by atoms with E-state index in [0.717, 1.165) is 52.2 Å². The van der Waals surface area contributed by atoms with Crippen molar-refractivity contribution in [2.75, 3.05) is 39.3 Å². The average Bonchev–Trinajstić information content (AvgIpc) is 3.62.